The lowest BCUT2D eigenvalue weighted by molar-refractivity contribution is -0.267. The highest BCUT2D eigenvalue weighted by Gasteiger charge is 2.44. The monoisotopic (exact) mass is 293 g/mol. The molecule has 1 saturated heterocycles. The summed E-state index contributed by atoms with van der Waals surface area (Å²) in [5.74, 6) is 0.232. The predicted molar refractivity (Wildman–Crippen MR) is 82.2 cm³/mol. The van der Waals surface area contributed by atoms with Crippen LogP contribution in [-0.2, 0) is 0 Å². The van der Waals surface area contributed by atoms with E-state index in [9.17, 15) is 9.90 Å². The van der Waals surface area contributed by atoms with E-state index in [1.807, 2.05) is 42.5 Å². The molecule has 2 heterocycles. The number of nitrogens with zero attached hydrogens (tertiary/aromatic N) is 1. The lowest BCUT2D eigenvalue weighted by Crippen LogP contribution is -2.43. The number of anilines is 1. The Kier molecular flexibility index (Phi) is 3.03. The quantitative estimate of drug-likeness (QED) is 0.879. The van der Waals surface area contributed by atoms with Gasteiger partial charge in [-0.15, -0.1) is 0 Å². The summed E-state index contributed by atoms with van der Waals surface area (Å²) in [6, 6.07) is 18.2. The van der Waals surface area contributed by atoms with Gasteiger partial charge in [0.25, 0.3) is 0 Å². The molecule has 0 spiro atoms. The third-order valence-corrected chi connectivity index (χ3v) is 4.86. The van der Waals surface area contributed by atoms with Gasteiger partial charge in [0.05, 0.1) is 12.1 Å². The molecule has 1 fully saturated rings. The second kappa shape index (κ2) is 5.05. The maximum Gasteiger partial charge on any atom is 0.137 e. The van der Waals surface area contributed by atoms with E-state index in [0.29, 0.717) is 6.54 Å². The first-order valence-electron chi connectivity index (χ1n) is 7.64. The summed E-state index contributed by atoms with van der Waals surface area (Å²) < 4.78 is 0. The van der Waals surface area contributed by atoms with Crippen LogP contribution < -0.4 is 10.4 Å². The van der Waals surface area contributed by atoms with Gasteiger partial charge in [-0.1, -0.05) is 48.5 Å². The molecule has 4 rings (SSSR count). The van der Waals surface area contributed by atoms with Crippen molar-refractivity contribution in [3.63, 3.8) is 0 Å². The van der Waals surface area contributed by atoms with E-state index in [0.717, 1.165) is 17.7 Å². The Morgan fingerprint density at radius 2 is 1.82 bits per heavy atom. The Bertz CT molecular complexity index is 701. The number of nitrogens with one attached hydrogen (secondary N) is 1. The largest absolute Gasteiger partial charge is 0.530 e. The molecule has 3 unspecified atom stereocenters. The van der Waals surface area contributed by atoms with Crippen LogP contribution in [0.2, 0.25) is 0 Å². The van der Waals surface area contributed by atoms with Crippen molar-refractivity contribution in [3.05, 3.63) is 65.7 Å². The first kappa shape index (κ1) is 13.2. The summed E-state index contributed by atoms with van der Waals surface area (Å²) in [4.78, 5) is 13.0. The van der Waals surface area contributed by atoms with Crippen LogP contribution in [0.25, 0.3) is 0 Å². The van der Waals surface area contributed by atoms with Gasteiger partial charge >= 0.3 is 0 Å². The summed E-state index contributed by atoms with van der Waals surface area (Å²) in [7, 11) is 0. The van der Waals surface area contributed by atoms with Crippen molar-refractivity contribution in [1.29, 1.82) is 0 Å². The third kappa shape index (κ3) is 1.95. The number of carbonyl (C=O) groups is 1. The van der Waals surface area contributed by atoms with Gasteiger partial charge in [0, 0.05) is 18.2 Å². The zero-order valence-electron chi connectivity index (χ0n) is 12.1. The minimum absolute atomic E-state index is 0.118. The Morgan fingerprint density at radius 1 is 1.09 bits per heavy atom. The highest BCUT2D eigenvalue weighted by molar-refractivity contribution is 5.67. The van der Waals surface area contributed by atoms with E-state index in [1.54, 1.807) is 0 Å². The normalized spacial score (nSPS) is 26.0. The molecular weight excluding hydrogens is 276 g/mol. The van der Waals surface area contributed by atoms with E-state index in [1.165, 1.54) is 10.5 Å². The average Bonchev–Trinajstić information content (AvgIpc) is 3.00. The Balaban J connectivity index is 1.81. The highest BCUT2D eigenvalue weighted by atomic mass is 16.4. The maximum atomic E-state index is 11.5. The van der Waals surface area contributed by atoms with E-state index in [-0.39, 0.29) is 18.0 Å². The summed E-state index contributed by atoms with van der Waals surface area (Å²) >= 11 is 0. The molecule has 4 nitrogen and oxygen atoms in total. The van der Waals surface area contributed by atoms with Crippen molar-refractivity contribution in [3.8, 4) is 0 Å². The van der Waals surface area contributed by atoms with E-state index >= 15 is 0 Å². The molecule has 4 heteroatoms. The Hall–Kier alpha value is -2.49. The van der Waals surface area contributed by atoms with Crippen LogP contribution in [0.1, 0.15) is 29.6 Å². The number of amides is 1. The summed E-state index contributed by atoms with van der Waals surface area (Å²) in [5.41, 5.74) is 3.28. The van der Waals surface area contributed by atoms with Gasteiger partial charge in [0.2, 0.25) is 0 Å². The second-order valence-corrected chi connectivity index (χ2v) is 5.98. The van der Waals surface area contributed by atoms with Gasteiger partial charge in [-0.25, -0.2) is 0 Å². The molecular formula is C18H17N2O2-. The SMILES string of the molecule is O=C([O-])N1CCC2C(c3ccccc3)Nc3ccccc3C21. The second-order valence-electron chi connectivity index (χ2n) is 5.98. The summed E-state index contributed by atoms with van der Waals surface area (Å²) in [6.07, 6.45) is -0.226. The van der Waals surface area contributed by atoms with E-state index in [2.05, 4.69) is 17.4 Å². The molecule has 1 amide bonds. The number of hydrogen-bond acceptors (Lipinski definition) is 3. The smallest absolute Gasteiger partial charge is 0.137 e. The van der Waals surface area contributed by atoms with Crippen LogP contribution in [0, 0.1) is 5.92 Å². The van der Waals surface area contributed by atoms with Crippen molar-refractivity contribution < 1.29 is 9.90 Å². The Labute approximate surface area is 129 Å². The molecule has 2 aliphatic heterocycles. The number of para-hydroxylation sites is 1. The first-order valence-corrected chi connectivity index (χ1v) is 7.64. The zero-order chi connectivity index (χ0) is 15.1. The zero-order valence-corrected chi connectivity index (χ0v) is 12.1. The number of rotatable bonds is 1. The van der Waals surface area contributed by atoms with Crippen molar-refractivity contribution in [1.82, 2.24) is 4.90 Å². The maximum absolute atomic E-state index is 11.5. The van der Waals surface area contributed by atoms with E-state index in [4.69, 9.17) is 0 Å². The van der Waals surface area contributed by atoms with Gasteiger partial charge in [-0.05, 0) is 23.6 Å². The number of fused-ring (bicyclic) bond motifs is 3. The van der Waals surface area contributed by atoms with Crippen LogP contribution >= 0.6 is 0 Å². The molecule has 2 aliphatic rings. The van der Waals surface area contributed by atoms with Crippen LogP contribution in [0.3, 0.4) is 0 Å². The number of carboxylic acid groups (broad SMARTS) is 1. The molecule has 2 aromatic carbocycles. The van der Waals surface area contributed by atoms with Crippen LogP contribution in [0.15, 0.2) is 54.6 Å². The standard InChI is InChI=1S/C18H18N2O2/c21-18(22)20-11-10-14-16(12-6-2-1-3-7-12)19-15-9-5-4-8-13(15)17(14)20/h1-9,14,16-17,19H,10-11H2,(H,21,22)/p-1. The van der Waals surface area contributed by atoms with Gasteiger partial charge < -0.3 is 20.1 Å². The van der Waals surface area contributed by atoms with E-state index < -0.39 is 6.09 Å². The molecule has 0 radical (unpaired) electrons. The summed E-state index contributed by atoms with van der Waals surface area (Å²) in [6.45, 7) is 0.539. The number of benzene rings is 2. The first-order chi connectivity index (χ1) is 10.8. The topological polar surface area (TPSA) is 55.4 Å². The van der Waals surface area contributed by atoms with Gasteiger partial charge in [-0.3, -0.25) is 0 Å². The predicted octanol–water partition coefficient (Wildman–Crippen LogP) is 2.56. The lowest BCUT2D eigenvalue weighted by atomic mass is 9.80. The molecule has 2 aromatic rings. The molecule has 0 saturated carbocycles. The van der Waals surface area contributed by atoms with Crippen molar-refractivity contribution in [2.24, 2.45) is 5.92 Å². The van der Waals surface area contributed by atoms with Gasteiger partial charge in [0.1, 0.15) is 6.09 Å². The molecule has 0 bridgehead atoms. The minimum Gasteiger partial charge on any atom is -0.530 e. The third-order valence-electron chi connectivity index (χ3n) is 4.86. The fourth-order valence-electron chi connectivity index (χ4n) is 3.92. The molecule has 0 aromatic heterocycles. The fourth-order valence-corrected chi connectivity index (χ4v) is 3.92. The van der Waals surface area contributed by atoms with Gasteiger partial charge in [-0.2, -0.15) is 0 Å². The number of hydrogen-bond donors (Lipinski definition) is 1. The molecule has 1 N–H and O–H groups in total. The Morgan fingerprint density at radius 3 is 2.59 bits per heavy atom. The van der Waals surface area contributed by atoms with Crippen molar-refractivity contribution in [2.45, 2.75) is 18.5 Å². The molecule has 22 heavy (non-hydrogen) atoms. The molecule has 112 valence electrons. The van der Waals surface area contributed by atoms with Crippen molar-refractivity contribution in [2.75, 3.05) is 11.9 Å². The molecule has 3 atom stereocenters. The van der Waals surface area contributed by atoms with Crippen LogP contribution in [0.4, 0.5) is 10.5 Å². The highest BCUT2D eigenvalue weighted by Crippen LogP contribution is 2.50. The fraction of sp³-hybridized carbons (Fsp3) is 0.278. The van der Waals surface area contributed by atoms with Crippen LogP contribution in [0.5, 0.6) is 0 Å². The number of carbonyl (C=O) groups excluding carboxylic acids is 1. The van der Waals surface area contributed by atoms with Crippen LogP contribution in [-0.4, -0.2) is 17.5 Å². The number of likely N-dealkylation sites (tertiary alicyclic amines) is 1. The average molecular weight is 293 g/mol. The summed E-state index contributed by atoms with van der Waals surface area (Å²) in [5, 5.41) is 15.1. The molecule has 0 aliphatic carbocycles. The minimum atomic E-state index is -1.07. The van der Waals surface area contributed by atoms with Crippen molar-refractivity contribution >= 4 is 11.8 Å². The van der Waals surface area contributed by atoms with Gasteiger partial charge in [0.15, 0.2) is 0 Å². The lowest BCUT2D eigenvalue weighted by Gasteiger charge is -2.40.